The molecule has 3 rings (SSSR count). The monoisotopic (exact) mass is 273 g/mol. The van der Waals surface area contributed by atoms with Crippen LogP contribution in [0, 0.1) is 0 Å². The van der Waals surface area contributed by atoms with Gasteiger partial charge >= 0.3 is 0 Å². The van der Waals surface area contributed by atoms with Gasteiger partial charge in [0.15, 0.2) is 0 Å². The highest BCUT2D eigenvalue weighted by Crippen LogP contribution is 2.25. The van der Waals surface area contributed by atoms with E-state index in [2.05, 4.69) is 78.6 Å². The number of anilines is 1. The van der Waals surface area contributed by atoms with Crippen LogP contribution in [0.25, 0.3) is 10.8 Å². The van der Waals surface area contributed by atoms with Crippen LogP contribution in [0.15, 0.2) is 85.5 Å². The van der Waals surface area contributed by atoms with Crippen LogP contribution in [-0.4, -0.2) is 0 Å². The van der Waals surface area contributed by atoms with E-state index in [1.165, 1.54) is 16.3 Å². The third-order valence-corrected chi connectivity index (χ3v) is 3.69. The predicted octanol–water partition coefficient (Wildman–Crippen LogP) is 5.57. The Bertz CT molecular complexity index is 731. The Hall–Kier alpha value is -2.54. The lowest BCUT2D eigenvalue weighted by Crippen LogP contribution is -2.09. The van der Waals surface area contributed by atoms with E-state index in [1.54, 1.807) is 0 Å². The van der Waals surface area contributed by atoms with Gasteiger partial charge in [0, 0.05) is 5.69 Å². The first kappa shape index (κ1) is 13.4. The smallest absolute Gasteiger partial charge is 0.0548 e. The molecule has 0 unspecified atom stereocenters. The number of fused-ring (bicyclic) bond motifs is 1. The molecule has 0 aliphatic heterocycles. The molecule has 1 N–H and O–H groups in total. The van der Waals surface area contributed by atoms with Crippen molar-refractivity contribution in [3.05, 3.63) is 91.0 Å². The largest absolute Gasteiger partial charge is 0.378 e. The SMILES string of the molecule is C=CC[C@@H](Nc1ccc2ccccc2c1)c1ccccc1. The number of hydrogen-bond acceptors (Lipinski definition) is 1. The summed E-state index contributed by atoms with van der Waals surface area (Å²) in [5.74, 6) is 0. The second-order valence-corrected chi connectivity index (χ2v) is 5.19. The number of benzene rings is 3. The Morgan fingerprint density at radius 3 is 2.33 bits per heavy atom. The Balaban J connectivity index is 1.89. The van der Waals surface area contributed by atoms with Gasteiger partial charge in [-0.2, -0.15) is 0 Å². The van der Waals surface area contributed by atoms with Gasteiger partial charge in [-0.15, -0.1) is 6.58 Å². The van der Waals surface area contributed by atoms with Gasteiger partial charge in [-0.25, -0.2) is 0 Å². The van der Waals surface area contributed by atoms with Crippen LogP contribution in [0.2, 0.25) is 0 Å². The van der Waals surface area contributed by atoms with Crippen molar-refractivity contribution in [3.8, 4) is 0 Å². The predicted molar refractivity (Wildman–Crippen MR) is 91.6 cm³/mol. The highest BCUT2D eigenvalue weighted by molar-refractivity contribution is 5.85. The molecular weight excluding hydrogens is 254 g/mol. The summed E-state index contributed by atoms with van der Waals surface area (Å²) in [5, 5.41) is 6.14. The van der Waals surface area contributed by atoms with Crippen LogP contribution in [0.4, 0.5) is 5.69 Å². The van der Waals surface area contributed by atoms with Crippen molar-refractivity contribution in [2.24, 2.45) is 0 Å². The second kappa shape index (κ2) is 6.27. The van der Waals surface area contributed by atoms with Gasteiger partial charge in [-0.05, 0) is 34.9 Å². The second-order valence-electron chi connectivity index (χ2n) is 5.19. The molecule has 0 bridgehead atoms. The lowest BCUT2D eigenvalue weighted by atomic mass is 10.0. The Morgan fingerprint density at radius 1 is 0.857 bits per heavy atom. The summed E-state index contributed by atoms with van der Waals surface area (Å²) in [4.78, 5) is 0. The normalized spacial score (nSPS) is 12.0. The van der Waals surface area contributed by atoms with Gasteiger partial charge in [0.2, 0.25) is 0 Å². The van der Waals surface area contributed by atoms with E-state index in [4.69, 9.17) is 0 Å². The Morgan fingerprint density at radius 2 is 1.57 bits per heavy atom. The topological polar surface area (TPSA) is 12.0 Å². The van der Waals surface area contributed by atoms with Gasteiger partial charge in [-0.1, -0.05) is 66.7 Å². The molecule has 104 valence electrons. The fourth-order valence-corrected chi connectivity index (χ4v) is 2.61. The average Bonchev–Trinajstić information content (AvgIpc) is 2.55. The molecule has 0 spiro atoms. The van der Waals surface area contributed by atoms with E-state index >= 15 is 0 Å². The fourth-order valence-electron chi connectivity index (χ4n) is 2.61. The molecular formula is C20H19N. The number of nitrogens with one attached hydrogen (secondary N) is 1. The molecule has 0 saturated carbocycles. The molecule has 0 amide bonds. The quantitative estimate of drug-likeness (QED) is 0.599. The van der Waals surface area contributed by atoms with E-state index in [-0.39, 0.29) is 6.04 Å². The molecule has 3 aromatic carbocycles. The zero-order valence-corrected chi connectivity index (χ0v) is 12.0. The summed E-state index contributed by atoms with van der Waals surface area (Å²) >= 11 is 0. The molecule has 3 aromatic rings. The first-order valence-electron chi connectivity index (χ1n) is 7.28. The molecule has 0 heterocycles. The van der Waals surface area contributed by atoms with Crippen LogP contribution in [0.3, 0.4) is 0 Å². The van der Waals surface area contributed by atoms with E-state index in [0.717, 1.165) is 12.1 Å². The van der Waals surface area contributed by atoms with Crippen LogP contribution in [0.1, 0.15) is 18.0 Å². The van der Waals surface area contributed by atoms with E-state index in [9.17, 15) is 0 Å². The van der Waals surface area contributed by atoms with Gasteiger partial charge in [-0.3, -0.25) is 0 Å². The van der Waals surface area contributed by atoms with Crippen molar-refractivity contribution in [2.45, 2.75) is 12.5 Å². The van der Waals surface area contributed by atoms with Crippen LogP contribution < -0.4 is 5.32 Å². The molecule has 1 heteroatoms. The summed E-state index contributed by atoms with van der Waals surface area (Å²) in [6.07, 6.45) is 2.86. The van der Waals surface area contributed by atoms with Gasteiger partial charge in [0.25, 0.3) is 0 Å². The summed E-state index contributed by atoms with van der Waals surface area (Å²) in [6.45, 7) is 3.88. The lowest BCUT2D eigenvalue weighted by molar-refractivity contribution is 0.799. The zero-order valence-electron chi connectivity index (χ0n) is 12.0. The lowest BCUT2D eigenvalue weighted by Gasteiger charge is -2.19. The zero-order chi connectivity index (χ0) is 14.5. The summed E-state index contributed by atoms with van der Waals surface area (Å²) in [5.41, 5.74) is 2.43. The van der Waals surface area contributed by atoms with E-state index in [0.29, 0.717) is 0 Å². The van der Waals surface area contributed by atoms with Crippen molar-refractivity contribution in [3.63, 3.8) is 0 Å². The third-order valence-electron chi connectivity index (χ3n) is 3.69. The highest BCUT2D eigenvalue weighted by atomic mass is 14.9. The van der Waals surface area contributed by atoms with Gasteiger partial charge < -0.3 is 5.32 Å². The summed E-state index contributed by atoms with van der Waals surface area (Å²) < 4.78 is 0. The van der Waals surface area contributed by atoms with Crippen LogP contribution in [0.5, 0.6) is 0 Å². The maximum absolute atomic E-state index is 3.88. The highest BCUT2D eigenvalue weighted by Gasteiger charge is 2.09. The van der Waals surface area contributed by atoms with Crippen LogP contribution >= 0.6 is 0 Å². The molecule has 0 aromatic heterocycles. The summed E-state index contributed by atoms with van der Waals surface area (Å²) in [6, 6.07) is 25.7. The minimum Gasteiger partial charge on any atom is -0.378 e. The van der Waals surface area contributed by atoms with E-state index < -0.39 is 0 Å². The third kappa shape index (κ3) is 3.14. The first-order valence-corrected chi connectivity index (χ1v) is 7.28. The van der Waals surface area contributed by atoms with Crippen molar-refractivity contribution in [1.29, 1.82) is 0 Å². The Kier molecular flexibility index (Phi) is 4.02. The van der Waals surface area contributed by atoms with Crippen molar-refractivity contribution < 1.29 is 0 Å². The molecule has 0 radical (unpaired) electrons. The fraction of sp³-hybridized carbons (Fsp3) is 0.100. The standard InChI is InChI=1S/C20H19N/c1-2-8-20(17-10-4-3-5-11-17)21-19-14-13-16-9-6-7-12-18(16)15-19/h2-7,9-15,20-21H,1,8H2/t20-/m1/s1. The molecule has 1 atom stereocenters. The maximum atomic E-state index is 3.88. The minimum atomic E-state index is 0.255. The molecule has 0 saturated heterocycles. The average molecular weight is 273 g/mol. The van der Waals surface area contributed by atoms with Crippen molar-refractivity contribution >= 4 is 16.5 Å². The number of hydrogen-bond donors (Lipinski definition) is 1. The first-order chi connectivity index (χ1) is 10.4. The van der Waals surface area contributed by atoms with Gasteiger partial charge in [0.05, 0.1) is 6.04 Å². The minimum absolute atomic E-state index is 0.255. The molecule has 0 aliphatic carbocycles. The van der Waals surface area contributed by atoms with Crippen molar-refractivity contribution in [1.82, 2.24) is 0 Å². The van der Waals surface area contributed by atoms with E-state index in [1.807, 2.05) is 12.1 Å². The number of rotatable bonds is 5. The van der Waals surface area contributed by atoms with Crippen LogP contribution in [-0.2, 0) is 0 Å². The van der Waals surface area contributed by atoms with Gasteiger partial charge in [0.1, 0.15) is 0 Å². The summed E-state index contributed by atoms with van der Waals surface area (Å²) in [7, 11) is 0. The molecule has 1 nitrogen and oxygen atoms in total. The molecule has 21 heavy (non-hydrogen) atoms. The maximum Gasteiger partial charge on any atom is 0.0548 e. The molecule has 0 aliphatic rings. The molecule has 0 fully saturated rings. The Labute approximate surface area is 125 Å². The van der Waals surface area contributed by atoms with Crippen molar-refractivity contribution in [2.75, 3.05) is 5.32 Å².